The minimum atomic E-state index is -3.17. The van der Waals surface area contributed by atoms with E-state index in [4.69, 9.17) is 0 Å². The van der Waals surface area contributed by atoms with Crippen molar-refractivity contribution in [2.75, 3.05) is 6.54 Å². The summed E-state index contributed by atoms with van der Waals surface area (Å²) in [6.07, 6.45) is 3.34. The molecule has 0 aromatic carbocycles. The van der Waals surface area contributed by atoms with Gasteiger partial charge in [0.1, 0.15) is 0 Å². The van der Waals surface area contributed by atoms with Gasteiger partial charge in [0.2, 0.25) is 10.0 Å². The molecule has 16 heavy (non-hydrogen) atoms. The largest absolute Gasteiger partial charge is 0.265 e. The first-order valence-electron chi connectivity index (χ1n) is 5.36. The third-order valence-corrected chi connectivity index (χ3v) is 4.72. The van der Waals surface area contributed by atoms with Crippen molar-refractivity contribution < 1.29 is 8.42 Å². The summed E-state index contributed by atoms with van der Waals surface area (Å²) in [5.41, 5.74) is 0.959. The number of sulfonamides is 1. The van der Waals surface area contributed by atoms with Gasteiger partial charge in [-0.3, -0.25) is 4.98 Å². The first-order chi connectivity index (χ1) is 7.48. The standard InChI is InChI=1S/C11H18N2O2S/c1-4-13(16(14,15)10(2)3)9-11-5-7-12-8-6-11/h5-8,10H,4,9H2,1-3H3. The Kier molecular flexibility index (Phi) is 4.44. The number of aromatic nitrogens is 1. The minimum Gasteiger partial charge on any atom is -0.265 e. The van der Waals surface area contributed by atoms with Crippen LogP contribution in [0.4, 0.5) is 0 Å². The van der Waals surface area contributed by atoms with Gasteiger partial charge in [0.25, 0.3) is 0 Å². The van der Waals surface area contributed by atoms with Crippen molar-refractivity contribution in [3.8, 4) is 0 Å². The van der Waals surface area contributed by atoms with Crippen LogP contribution in [0.15, 0.2) is 24.5 Å². The van der Waals surface area contributed by atoms with Crippen LogP contribution in [0.1, 0.15) is 26.3 Å². The van der Waals surface area contributed by atoms with Crippen LogP contribution in [-0.4, -0.2) is 29.5 Å². The van der Waals surface area contributed by atoms with E-state index in [1.54, 1.807) is 26.2 Å². The van der Waals surface area contributed by atoms with E-state index in [0.717, 1.165) is 5.56 Å². The van der Waals surface area contributed by atoms with Crippen LogP contribution >= 0.6 is 0 Å². The molecule has 4 nitrogen and oxygen atoms in total. The fraction of sp³-hybridized carbons (Fsp3) is 0.545. The predicted molar refractivity (Wildman–Crippen MR) is 64.4 cm³/mol. The molecule has 0 fully saturated rings. The molecule has 0 radical (unpaired) electrons. The summed E-state index contributed by atoms with van der Waals surface area (Å²) < 4.78 is 25.4. The van der Waals surface area contributed by atoms with Crippen LogP contribution in [0.2, 0.25) is 0 Å². The normalized spacial score (nSPS) is 12.3. The first kappa shape index (κ1) is 13.1. The second-order valence-electron chi connectivity index (χ2n) is 3.88. The molecule has 5 heteroatoms. The van der Waals surface area contributed by atoms with Crippen LogP contribution in [0, 0.1) is 0 Å². The SMILES string of the molecule is CCN(Cc1ccncc1)S(=O)(=O)C(C)C. The molecule has 1 heterocycles. The fourth-order valence-electron chi connectivity index (χ4n) is 1.37. The van der Waals surface area contributed by atoms with Gasteiger partial charge in [0.05, 0.1) is 5.25 Å². The molecule has 0 amide bonds. The highest BCUT2D eigenvalue weighted by atomic mass is 32.2. The van der Waals surface area contributed by atoms with Gasteiger partial charge in [-0.05, 0) is 31.5 Å². The maximum Gasteiger partial charge on any atom is 0.216 e. The zero-order valence-corrected chi connectivity index (χ0v) is 10.7. The summed E-state index contributed by atoms with van der Waals surface area (Å²) in [5, 5.41) is -0.380. The molecule has 0 aliphatic rings. The molecule has 90 valence electrons. The van der Waals surface area contributed by atoms with Gasteiger partial charge < -0.3 is 0 Å². The first-order valence-corrected chi connectivity index (χ1v) is 6.86. The molecule has 1 aromatic heterocycles. The molecule has 0 saturated carbocycles. The summed E-state index contributed by atoms with van der Waals surface area (Å²) in [7, 11) is -3.17. The Labute approximate surface area is 97.4 Å². The van der Waals surface area contributed by atoms with E-state index in [-0.39, 0.29) is 5.25 Å². The average Bonchev–Trinajstić information content (AvgIpc) is 2.26. The average molecular weight is 242 g/mol. The van der Waals surface area contributed by atoms with Crippen molar-refractivity contribution in [2.45, 2.75) is 32.6 Å². The van der Waals surface area contributed by atoms with Gasteiger partial charge in [-0.15, -0.1) is 0 Å². The highest BCUT2D eigenvalue weighted by molar-refractivity contribution is 7.89. The number of hydrogen-bond donors (Lipinski definition) is 0. The van der Waals surface area contributed by atoms with Crippen LogP contribution in [0.5, 0.6) is 0 Å². The van der Waals surface area contributed by atoms with Crippen molar-refractivity contribution >= 4 is 10.0 Å². The van der Waals surface area contributed by atoms with Crippen molar-refractivity contribution in [1.29, 1.82) is 0 Å². The molecule has 0 bridgehead atoms. The summed E-state index contributed by atoms with van der Waals surface area (Å²) in [6, 6.07) is 3.66. The van der Waals surface area contributed by atoms with E-state index >= 15 is 0 Å². The molecule has 1 aromatic rings. The summed E-state index contributed by atoms with van der Waals surface area (Å²) in [6.45, 7) is 6.15. The Hall–Kier alpha value is -0.940. The molecule has 0 unspecified atom stereocenters. The Balaban J connectivity index is 2.86. The van der Waals surface area contributed by atoms with Gasteiger partial charge in [-0.25, -0.2) is 8.42 Å². The molecule has 0 N–H and O–H groups in total. The van der Waals surface area contributed by atoms with Gasteiger partial charge in [-0.2, -0.15) is 4.31 Å². The second kappa shape index (κ2) is 5.41. The quantitative estimate of drug-likeness (QED) is 0.788. The lowest BCUT2D eigenvalue weighted by Crippen LogP contribution is -2.35. The lowest BCUT2D eigenvalue weighted by molar-refractivity contribution is 0.418. The van der Waals surface area contributed by atoms with E-state index in [1.807, 2.05) is 19.1 Å². The topological polar surface area (TPSA) is 50.3 Å². The van der Waals surface area contributed by atoms with Crippen molar-refractivity contribution in [3.63, 3.8) is 0 Å². The lowest BCUT2D eigenvalue weighted by Gasteiger charge is -2.22. The van der Waals surface area contributed by atoms with Gasteiger partial charge in [0, 0.05) is 25.5 Å². The maximum atomic E-state index is 12.0. The molecule has 1 rings (SSSR count). The third-order valence-electron chi connectivity index (χ3n) is 2.42. The smallest absolute Gasteiger partial charge is 0.216 e. The molecule has 0 aliphatic carbocycles. The van der Waals surface area contributed by atoms with E-state index in [9.17, 15) is 8.42 Å². The second-order valence-corrected chi connectivity index (χ2v) is 6.36. The minimum absolute atomic E-state index is 0.380. The molecule has 0 saturated heterocycles. The van der Waals surface area contributed by atoms with Gasteiger partial charge in [-0.1, -0.05) is 6.92 Å². The highest BCUT2D eigenvalue weighted by Gasteiger charge is 2.24. The number of pyridine rings is 1. The monoisotopic (exact) mass is 242 g/mol. The Morgan fingerprint density at radius 1 is 1.31 bits per heavy atom. The van der Waals surface area contributed by atoms with Crippen LogP contribution in [-0.2, 0) is 16.6 Å². The molecular weight excluding hydrogens is 224 g/mol. The van der Waals surface area contributed by atoms with Crippen LogP contribution < -0.4 is 0 Å². The lowest BCUT2D eigenvalue weighted by atomic mass is 10.3. The van der Waals surface area contributed by atoms with Crippen LogP contribution in [0.25, 0.3) is 0 Å². The van der Waals surface area contributed by atoms with E-state index in [2.05, 4.69) is 4.98 Å². The van der Waals surface area contributed by atoms with E-state index < -0.39 is 10.0 Å². The number of hydrogen-bond acceptors (Lipinski definition) is 3. The maximum absolute atomic E-state index is 12.0. The van der Waals surface area contributed by atoms with E-state index in [1.165, 1.54) is 4.31 Å². The Morgan fingerprint density at radius 3 is 2.31 bits per heavy atom. The van der Waals surface area contributed by atoms with Crippen molar-refractivity contribution in [3.05, 3.63) is 30.1 Å². The molecule has 0 spiro atoms. The summed E-state index contributed by atoms with van der Waals surface area (Å²) in [4.78, 5) is 3.91. The van der Waals surface area contributed by atoms with Crippen molar-refractivity contribution in [1.82, 2.24) is 9.29 Å². The third kappa shape index (κ3) is 3.02. The number of nitrogens with zero attached hydrogens (tertiary/aromatic N) is 2. The Morgan fingerprint density at radius 2 is 1.88 bits per heavy atom. The van der Waals surface area contributed by atoms with Crippen LogP contribution in [0.3, 0.4) is 0 Å². The van der Waals surface area contributed by atoms with Crippen molar-refractivity contribution in [2.24, 2.45) is 0 Å². The predicted octanol–water partition coefficient (Wildman–Crippen LogP) is 1.64. The zero-order chi connectivity index (χ0) is 12.2. The zero-order valence-electron chi connectivity index (χ0n) is 9.92. The van der Waals surface area contributed by atoms with Gasteiger partial charge >= 0.3 is 0 Å². The summed E-state index contributed by atoms with van der Waals surface area (Å²) >= 11 is 0. The summed E-state index contributed by atoms with van der Waals surface area (Å²) in [5.74, 6) is 0. The molecule has 0 atom stereocenters. The highest BCUT2D eigenvalue weighted by Crippen LogP contribution is 2.12. The Bertz CT molecular complexity index is 415. The van der Waals surface area contributed by atoms with E-state index in [0.29, 0.717) is 13.1 Å². The number of rotatable bonds is 5. The molecule has 0 aliphatic heterocycles. The molecular formula is C11H18N2O2S. The van der Waals surface area contributed by atoms with Gasteiger partial charge in [0.15, 0.2) is 0 Å². The fourth-order valence-corrected chi connectivity index (χ4v) is 2.66.